The Bertz CT molecular complexity index is 816. The van der Waals surface area contributed by atoms with E-state index >= 15 is 0 Å². The van der Waals surface area contributed by atoms with Crippen LogP contribution in [-0.2, 0) is 0 Å². The number of rotatable bonds is 6. The van der Waals surface area contributed by atoms with Gasteiger partial charge in [0.1, 0.15) is 12.4 Å². The molecule has 4 nitrogen and oxygen atoms in total. The summed E-state index contributed by atoms with van der Waals surface area (Å²) in [6, 6.07) is 17.3. The van der Waals surface area contributed by atoms with Crippen LogP contribution in [-0.4, -0.2) is 17.3 Å². The molecule has 1 N–H and O–H groups in total. The normalized spacial score (nSPS) is 11.3. The van der Waals surface area contributed by atoms with Gasteiger partial charge in [-0.25, -0.2) is 4.98 Å². The summed E-state index contributed by atoms with van der Waals surface area (Å²) in [5.41, 5.74) is 5.73. The number of thiazole rings is 1. The first-order valence-electron chi connectivity index (χ1n) is 7.39. The van der Waals surface area contributed by atoms with Crippen LogP contribution in [0.4, 0.5) is 5.13 Å². The molecule has 0 aliphatic heterocycles. The van der Waals surface area contributed by atoms with Crippen molar-refractivity contribution in [2.45, 2.75) is 6.92 Å². The zero-order valence-corrected chi connectivity index (χ0v) is 14.6. The third kappa shape index (κ3) is 4.57. The highest BCUT2D eigenvalue weighted by Crippen LogP contribution is 2.25. The van der Waals surface area contributed by atoms with Crippen LogP contribution in [0.2, 0.25) is 5.02 Å². The van der Waals surface area contributed by atoms with Crippen molar-refractivity contribution in [3.05, 3.63) is 65.0 Å². The highest BCUT2D eigenvalue weighted by atomic mass is 35.5. The number of nitrogens with one attached hydrogen (secondary N) is 1. The lowest BCUT2D eigenvalue weighted by molar-refractivity contribution is 0.376. The van der Waals surface area contributed by atoms with Crippen LogP contribution in [0.1, 0.15) is 6.92 Å². The fourth-order valence-corrected chi connectivity index (χ4v) is 2.75. The Balaban J connectivity index is 1.57. The van der Waals surface area contributed by atoms with Gasteiger partial charge in [-0.05, 0) is 31.2 Å². The van der Waals surface area contributed by atoms with Crippen molar-refractivity contribution in [1.29, 1.82) is 0 Å². The van der Waals surface area contributed by atoms with Gasteiger partial charge in [0.2, 0.25) is 5.13 Å². The average Bonchev–Trinajstić information content (AvgIpc) is 3.09. The second-order valence-corrected chi connectivity index (χ2v) is 6.40. The lowest BCUT2D eigenvalue weighted by Gasteiger charge is -2.05. The Labute approximate surface area is 149 Å². The molecule has 0 atom stereocenters. The minimum absolute atomic E-state index is 0.423. The Kier molecular flexibility index (Phi) is 5.46. The third-order valence-corrected chi connectivity index (χ3v) is 4.18. The molecule has 0 radical (unpaired) electrons. The summed E-state index contributed by atoms with van der Waals surface area (Å²) in [5, 5.41) is 7.73. The topological polar surface area (TPSA) is 46.5 Å². The van der Waals surface area contributed by atoms with E-state index in [9.17, 15) is 0 Å². The molecule has 0 fully saturated rings. The van der Waals surface area contributed by atoms with Crippen molar-refractivity contribution in [3.8, 4) is 17.0 Å². The van der Waals surface area contributed by atoms with Gasteiger partial charge < -0.3 is 4.74 Å². The van der Waals surface area contributed by atoms with E-state index < -0.39 is 0 Å². The van der Waals surface area contributed by atoms with Gasteiger partial charge in [0, 0.05) is 16.0 Å². The van der Waals surface area contributed by atoms with Crippen molar-refractivity contribution in [2.24, 2.45) is 5.10 Å². The van der Waals surface area contributed by atoms with E-state index in [-0.39, 0.29) is 0 Å². The van der Waals surface area contributed by atoms with E-state index in [1.807, 2.05) is 66.9 Å². The summed E-state index contributed by atoms with van der Waals surface area (Å²) < 4.78 is 5.64. The first kappa shape index (κ1) is 16.5. The molecule has 3 aromatic rings. The molecule has 1 aromatic heterocycles. The summed E-state index contributed by atoms with van der Waals surface area (Å²) in [6.45, 7) is 2.33. The molecule has 0 saturated heterocycles. The molecule has 0 bridgehead atoms. The number of halogens is 1. The summed E-state index contributed by atoms with van der Waals surface area (Å²) in [4.78, 5) is 4.52. The first-order valence-corrected chi connectivity index (χ1v) is 8.65. The van der Waals surface area contributed by atoms with Crippen molar-refractivity contribution in [1.82, 2.24) is 4.98 Å². The molecular weight excluding hydrogens is 342 g/mol. The maximum Gasteiger partial charge on any atom is 0.203 e. The number of aromatic nitrogens is 1. The van der Waals surface area contributed by atoms with E-state index in [1.165, 1.54) is 11.3 Å². The smallest absolute Gasteiger partial charge is 0.203 e. The van der Waals surface area contributed by atoms with Crippen molar-refractivity contribution >= 4 is 33.8 Å². The van der Waals surface area contributed by atoms with Gasteiger partial charge >= 0.3 is 0 Å². The Morgan fingerprint density at radius 1 is 1.17 bits per heavy atom. The van der Waals surface area contributed by atoms with E-state index in [0.29, 0.717) is 11.6 Å². The van der Waals surface area contributed by atoms with Crippen LogP contribution >= 0.6 is 22.9 Å². The number of nitrogens with zero attached hydrogens (tertiary/aromatic N) is 2. The quantitative estimate of drug-likeness (QED) is 0.479. The van der Waals surface area contributed by atoms with Crippen LogP contribution in [0.5, 0.6) is 5.75 Å². The molecule has 6 heteroatoms. The van der Waals surface area contributed by atoms with E-state index in [1.54, 1.807) is 0 Å². The maximum absolute atomic E-state index is 5.90. The fourth-order valence-electron chi connectivity index (χ4n) is 1.96. The van der Waals surface area contributed by atoms with Gasteiger partial charge in [-0.1, -0.05) is 41.9 Å². The van der Waals surface area contributed by atoms with Crippen molar-refractivity contribution < 1.29 is 4.74 Å². The number of anilines is 1. The fraction of sp³-hybridized carbons (Fsp3) is 0.111. The third-order valence-electron chi connectivity index (χ3n) is 3.18. The molecule has 0 aliphatic carbocycles. The monoisotopic (exact) mass is 357 g/mol. The molecule has 0 saturated carbocycles. The number of para-hydroxylation sites is 1. The second kappa shape index (κ2) is 7.95. The molecular formula is C18H16ClN3OS. The van der Waals surface area contributed by atoms with Crippen LogP contribution in [0, 0.1) is 0 Å². The SMILES string of the molecule is C/C(COc1ccccc1)=N\Nc1nc(-c2ccc(Cl)cc2)cs1. The number of ether oxygens (including phenoxy) is 1. The van der Waals surface area contributed by atoms with Gasteiger partial charge in [-0.3, -0.25) is 5.43 Å². The molecule has 0 aliphatic rings. The number of benzene rings is 2. The van der Waals surface area contributed by atoms with Gasteiger partial charge in [0.15, 0.2) is 0 Å². The van der Waals surface area contributed by atoms with Crippen molar-refractivity contribution in [3.63, 3.8) is 0 Å². The first-order chi connectivity index (χ1) is 11.7. The molecule has 0 spiro atoms. The average molecular weight is 358 g/mol. The predicted molar refractivity (Wildman–Crippen MR) is 101 cm³/mol. The number of hydrazone groups is 1. The van der Waals surface area contributed by atoms with E-state index in [4.69, 9.17) is 16.3 Å². The molecule has 1 heterocycles. The largest absolute Gasteiger partial charge is 0.488 e. The van der Waals surface area contributed by atoms with Crippen LogP contribution in [0.3, 0.4) is 0 Å². The van der Waals surface area contributed by atoms with Crippen LogP contribution in [0.15, 0.2) is 65.1 Å². The van der Waals surface area contributed by atoms with Gasteiger partial charge in [0.05, 0.1) is 11.4 Å². The molecule has 0 unspecified atom stereocenters. The Morgan fingerprint density at radius 3 is 2.67 bits per heavy atom. The summed E-state index contributed by atoms with van der Waals surface area (Å²) in [7, 11) is 0. The molecule has 0 amide bonds. The minimum atomic E-state index is 0.423. The predicted octanol–water partition coefficient (Wildman–Crippen LogP) is 5.33. The van der Waals surface area contributed by atoms with Crippen molar-refractivity contribution in [2.75, 3.05) is 12.0 Å². The zero-order valence-electron chi connectivity index (χ0n) is 13.1. The standard InChI is InChI=1S/C18H16ClN3OS/c1-13(11-23-16-5-3-2-4-6-16)21-22-18-20-17(12-24-18)14-7-9-15(19)10-8-14/h2-10,12H,11H2,1H3,(H,20,22)/b21-13+. The molecule has 3 rings (SSSR count). The van der Waals surface area contributed by atoms with E-state index in [2.05, 4.69) is 15.5 Å². The Hall–Kier alpha value is -2.37. The highest BCUT2D eigenvalue weighted by Gasteiger charge is 2.04. The highest BCUT2D eigenvalue weighted by molar-refractivity contribution is 7.14. The Morgan fingerprint density at radius 2 is 1.92 bits per heavy atom. The second-order valence-electron chi connectivity index (χ2n) is 5.11. The van der Waals surface area contributed by atoms with Crippen LogP contribution in [0.25, 0.3) is 11.3 Å². The summed E-state index contributed by atoms with van der Waals surface area (Å²) >= 11 is 7.41. The lowest BCUT2D eigenvalue weighted by Crippen LogP contribution is -2.09. The van der Waals surface area contributed by atoms with Crippen LogP contribution < -0.4 is 10.2 Å². The van der Waals surface area contributed by atoms with E-state index in [0.717, 1.165) is 27.9 Å². The van der Waals surface area contributed by atoms with Gasteiger partial charge in [-0.15, -0.1) is 11.3 Å². The summed E-state index contributed by atoms with van der Waals surface area (Å²) in [6.07, 6.45) is 0. The number of hydrogen-bond acceptors (Lipinski definition) is 5. The minimum Gasteiger partial charge on any atom is -0.488 e. The lowest BCUT2D eigenvalue weighted by atomic mass is 10.2. The zero-order chi connectivity index (χ0) is 16.8. The van der Waals surface area contributed by atoms with Gasteiger partial charge in [0.25, 0.3) is 0 Å². The molecule has 24 heavy (non-hydrogen) atoms. The number of hydrogen-bond donors (Lipinski definition) is 1. The molecule has 2 aromatic carbocycles. The van der Waals surface area contributed by atoms with Gasteiger partial charge in [-0.2, -0.15) is 5.10 Å². The summed E-state index contributed by atoms with van der Waals surface area (Å²) in [5.74, 6) is 0.825. The molecule has 122 valence electrons. The maximum atomic E-state index is 5.90.